The van der Waals surface area contributed by atoms with Gasteiger partial charge in [0.1, 0.15) is 11.4 Å². The summed E-state index contributed by atoms with van der Waals surface area (Å²) in [4.78, 5) is 31.5. The summed E-state index contributed by atoms with van der Waals surface area (Å²) in [6.07, 6.45) is 6.11. The van der Waals surface area contributed by atoms with Crippen LogP contribution in [0.3, 0.4) is 0 Å². The van der Waals surface area contributed by atoms with E-state index in [0.29, 0.717) is 12.4 Å². The number of hydrogen-bond donors (Lipinski definition) is 0. The Labute approximate surface area is 150 Å². The second kappa shape index (κ2) is 8.32. The molecule has 6 heteroatoms. The van der Waals surface area contributed by atoms with Crippen molar-refractivity contribution in [1.82, 2.24) is 9.88 Å². The van der Waals surface area contributed by atoms with Crippen molar-refractivity contribution in [2.75, 3.05) is 18.0 Å². The topological polar surface area (TPSA) is 62.7 Å². The van der Waals surface area contributed by atoms with Crippen LogP contribution in [0.5, 0.6) is 0 Å². The van der Waals surface area contributed by atoms with Crippen LogP contribution in [0.4, 0.5) is 10.6 Å². The Morgan fingerprint density at radius 3 is 2.76 bits per heavy atom. The molecule has 2 rings (SSSR count). The molecule has 0 N–H and O–H groups in total. The van der Waals surface area contributed by atoms with Crippen LogP contribution in [0.2, 0.25) is 0 Å². The SMILES string of the molecule is CCCCN(C(=O)OC(C)(C)C)c1ccc([C@@H]2CCCN2C=O)cn1. The number of likely N-dealkylation sites (tertiary alicyclic amines) is 1. The van der Waals surface area contributed by atoms with Crippen molar-refractivity contribution >= 4 is 18.3 Å². The highest BCUT2D eigenvalue weighted by Gasteiger charge is 2.27. The van der Waals surface area contributed by atoms with Crippen LogP contribution >= 0.6 is 0 Å². The van der Waals surface area contributed by atoms with Gasteiger partial charge in [-0.3, -0.25) is 9.69 Å². The molecule has 2 heterocycles. The molecule has 0 aliphatic carbocycles. The molecule has 0 bridgehead atoms. The molecular weight excluding hydrogens is 318 g/mol. The zero-order valence-corrected chi connectivity index (χ0v) is 15.7. The zero-order chi connectivity index (χ0) is 18.4. The largest absolute Gasteiger partial charge is 0.443 e. The molecule has 1 aromatic rings. The number of nitrogens with zero attached hydrogens (tertiary/aromatic N) is 3. The van der Waals surface area contributed by atoms with Gasteiger partial charge in [0.25, 0.3) is 0 Å². The van der Waals surface area contributed by atoms with Crippen LogP contribution in [0, 0.1) is 0 Å². The van der Waals surface area contributed by atoms with Gasteiger partial charge in [0.05, 0.1) is 6.04 Å². The van der Waals surface area contributed by atoms with Crippen LogP contribution in [0.25, 0.3) is 0 Å². The third-order valence-corrected chi connectivity index (χ3v) is 4.21. The minimum absolute atomic E-state index is 0.0877. The lowest BCUT2D eigenvalue weighted by Gasteiger charge is -2.27. The van der Waals surface area contributed by atoms with E-state index in [-0.39, 0.29) is 12.1 Å². The number of unbranched alkanes of at least 4 members (excludes halogenated alkanes) is 1. The van der Waals surface area contributed by atoms with Crippen molar-refractivity contribution in [1.29, 1.82) is 0 Å². The number of carbonyl (C=O) groups is 2. The van der Waals surface area contributed by atoms with Gasteiger partial charge in [-0.2, -0.15) is 0 Å². The molecule has 25 heavy (non-hydrogen) atoms. The number of pyridine rings is 1. The van der Waals surface area contributed by atoms with E-state index in [2.05, 4.69) is 11.9 Å². The van der Waals surface area contributed by atoms with Crippen molar-refractivity contribution in [3.8, 4) is 0 Å². The van der Waals surface area contributed by atoms with Crippen LogP contribution in [-0.2, 0) is 9.53 Å². The fourth-order valence-electron chi connectivity index (χ4n) is 2.96. The van der Waals surface area contributed by atoms with Crippen molar-refractivity contribution in [3.63, 3.8) is 0 Å². The quantitative estimate of drug-likeness (QED) is 0.732. The Kier molecular flexibility index (Phi) is 6.39. The van der Waals surface area contributed by atoms with E-state index in [1.165, 1.54) is 0 Å². The summed E-state index contributed by atoms with van der Waals surface area (Å²) >= 11 is 0. The van der Waals surface area contributed by atoms with Gasteiger partial charge in [0.2, 0.25) is 6.41 Å². The van der Waals surface area contributed by atoms with E-state index in [1.807, 2.05) is 32.9 Å². The Hall–Kier alpha value is -2.11. The first-order valence-electron chi connectivity index (χ1n) is 9.03. The molecule has 0 saturated carbocycles. The van der Waals surface area contributed by atoms with E-state index in [1.54, 1.807) is 16.0 Å². The monoisotopic (exact) mass is 347 g/mol. The fraction of sp³-hybridized carbons (Fsp3) is 0.632. The number of anilines is 1. The number of hydrogen-bond acceptors (Lipinski definition) is 4. The third-order valence-electron chi connectivity index (χ3n) is 4.21. The van der Waals surface area contributed by atoms with E-state index in [0.717, 1.165) is 44.2 Å². The summed E-state index contributed by atoms with van der Waals surface area (Å²) in [5, 5.41) is 0. The Morgan fingerprint density at radius 1 is 1.44 bits per heavy atom. The number of ether oxygens (including phenoxy) is 1. The molecule has 1 atom stereocenters. The van der Waals surface area contributed by atoms with E-state index < -0.39 is 5.60 Å². The number of carbonyl (C=O) groups excluding carboxylic acids is 2. The van der Waals surface area contributed by atoms with Gasteiger partial charge in [-0.15, -0.1) is 0 Å². The Morgan fingerprint density at radius 2 is 2.20 bits per heavy atom. The molecule has 138 valence electrons. The molecule has 1 saturated heterocycles. The normalized spacial score (nSPS) is 17.4. The Bertz CT molecular complexity index is 581. The first-order valence-corrected chi connectivity index (χ1v) is 9.03. The molecule has 6 nitrogen and oxygen atoms in total. The van der Waals surface area contributed by atoms with Crippen LogP contribution < -0.4 is 4.90 Å². The lowest BCUT2D eigenvalue weighted by atomic mass is 10.1. The summed E-state index contributed by atoms with van der Waals surface area (Å²) in [5.41, 5.74) is 0.462. The van der Waals surface area contributed by atoms with E-state index in [9.17, 15) is 9.59 Å². The second-order valence-corrected chi connectivity index (χ2v) is 7.44. The smallest absolute Gasteiger partial charge is 0.416 e. The lowest BCUT2D eigenvalue weighted by Crippen LogP contribution is -2.38. The zero-order valence-electron chi connectivity index (χ0n) is 15.7. The minimum atomic E-state index is -0.546. The maximum Gasteiger partial charge on any atom is 0.416 e. The average molecular weight is 347 g/mol. The van der Waals surface area contributed by atoms with Gasteiger partial charge in [0.15, 0.2) is 0 Å². The van der Waals surface area contributed by atoms with E-state index in [4.69, 9.17) is 4.74 Å². The maximum absolute atomic E-state index is 12.5. The highest BCUT2D eigenvalue weighted by Crippen LogP contribution is 2.31. The molecule has 0 radical (unpaired) electrons. The fourth-order valence-corrected chi connectivity index (χ4v) is 2.96. The second-order valence-electron chi connectivity index (χ2n) is 7.44. The number of amides is 2. The first kappa shape index (κ1) is 19.2. The summed E-state index contributed by atoms with van der Waals surface area (Å²) in [5.74, 6) is 0.585. The third kappa shape index (κ3) is 5.18. The van der Waals surface area contributed by atoms with Crippen LogP contribution in [-0.4, -0.2) is 41.1 Å². The molecule has 2 amide bonds. The number of aromatic nitrogens is 1. The Balaban J connectivity index is 2.17. The molecule has 1 fully saturated rings. The van der Waals surface area contributed by atoms with Crippen molar-refractivity contribution in [3.05, 3.63) is 23.9 Å². The summed E-state index contributed by atoms with van der Waals surface area (Å²) in [7, 11) is 0. The summed E-state index contributed by atoms with van der Waals surface area (Å²) in [6, 6.07) is 3.89. The van der Waals surface area contributed by atoms with Gasteiger partial charge in [-0.05, 0) is 51.7 Å². The van der Waals surface area contributed by atoms with E-state index >= 15 is 0 Å². The van der Waals surface area contributed by atoms with Crippen LogP contribution in [0.15, 0.2) is 18.3 Å². The predicted molar refractivity (Wildman–Crippen MR) is 97.5 cm³/mol. The number of rotatable bonds is 6. The molecular formula is C19H29N3O3. The first-order chi connectivity index (χ1) is 11.9. The summed E-state index contributed by atoms with van der Waals surface area (Å²) < 4.78 is 5.51. The summed E-state index contributed by atoms with van der Waals surface area (Å²) in [6.45, 7) is 9.00. The molecule has 1 aliphatic rings. The van der Waals surface area contributed by atoms with Gasteiger partial charge >= 0.3 is 6.09 Å². The predicted octanol–water partition coefficient (Wildman–Crippen LogP) is 3.92. The molecule has 0 aromatic carbocycles. The highest BCUT2D eigenvalue weighted by molar-refractivity contribution is 5.86. The van der Waals surface area contributed by atoms with Crippen LogP contribution in [0.1, 0.15) is 65.0 Å². The van der Waals surface area contributed by atoms with Gasteiger partial charge < -0.3 is 9.64 Å². The molecule has 0 unspecified atom stereocenters. The minimum Gasteiger partial charge on any atom is -0.443 e. The van der Waals surface area contributed by atoms with Crippen molar-refractivity contribution in [2.45, 2.75) is 65.0 Å². The van der Waals surface area contributed by atoms with Gasteiger partial charge in [-0.1, -0.05) is 19.4 Å². The molecule has 0 spiro atoms. The highest BCUT2D eigenvalue weighted by atomic mass is 16.6. The molecule has 1 aromatic heterocycles. The van der Waals surface area contributed by atoms with Gasteiger partial charge in [-0.25, -0.2) is 9.78 Å². The molecule has 1 aliphatic heterocycles. The average Bonchev–Trinajstić information content (AvgIpc) is 3.03. The van der Waals surface area contributed by atoms with Gasteiger partial charge in [0, 0.05) is 19.3 Å². The van der Waals surface area contributed by atoms with Crippen molar-refractivity contribution < 1.29 is 14.3 Å². The lowest BCUT2D eigenvalue weighted by molar-refractivity contribution is -0.118. The standard InChI is InChI=1S/C19H29N3O3/c1-5-6-12-22(18(24)25-19(2,3)4)17-10-9-15(13-20-17)16-8-7-11-21(16)14-23/h9-10,13-14,16H,5-8,11-12H2,1-4H3/t16-/m0/s1. The maximum atomic E-state index is 12.5. The van der Waals surface area contributed by atoms with Crippen molar-refractivity contribution in [2.24, 2.45) is 0 Å².